The lowest BCUT2D eigenvalue weighted by molar-refractivity contribution is 0.293. The van der Waals surface area contributed by atoms with Gasteiger partial charge in [-0.1, -0.05) is 37.0 Å². The molecule has 1 fully saturated rings. The van der Waals surface area contributed by atoms with Gasteiger partial charge in [-0.05, 0) is 49.8 Å². The molecule has 1 aliphatic carbocycles. The van der Waals surface area contributed by atoms with Crippen molar-refractivity contribution in [1.29, 1.82) is 0 Å². The van der Waals surface area contributed by atoms with E-state index in [1.165, 1.54) is 41.5 Å². The number of halogens is 1. The zero-order chi connectivity index (χ0) is 11.7. The largest absolute Gasteiger partial charge is 0.118 e. The molecule has 0 nitrogen and oxygen atoms in total. The van der Waals surface area contributed by atoms with E-state index in [4.69, 9.17) is 11.6 Å². The summed E-state index contributed by atoms with van der Waals surface area (Å²) < 4.78 is 0. The van der Waals surface area contributed by atoms with E-state index in [-0.39, 0.29) is 5.38 Å². The Morgan fingerprint density at radius 2 is 1.75 bits per heavy atom. The molecule has 0 aliphatic heterocycles. The topological polar surface area (TPSA) is 0 Å². The third kappa shape index (κ3) is 2.43. The summed E-state index contributed by atoms with van der Waals surface area (Å²) in [6.07, 6.45) is 5.33. The summed E-state index contributed by atoms with van der Waals surface area (Å²) >= 11 is 6.58. The second-order valence-corrected chi connectivity index (χ2v) is 5.84. The minimum atomic E-state index is 0.214. The molecular formula is C15H21Cl. The van der Waals surface area contributed by atoms with Crippen LogP contribution in [0.25, 0.3) is 0 Å². The minimum absolute atomic E-state index is 0.214. The summed E-state index contributed by atoms with van der Waals surface area (Å²) in [5.41, 5.74) is 5.43. The maximum Gasteiger partial charge on any atom is 0.0593 e. The van der Waals surface area contributed by atoms with Crippen LogP contribution in [0.1, 0.15) is 53.3 Å². The van der Waals surface area contributed by atoms with Crippen molar-refractivity contribution in [3.05, 3.63) is 34.4 Å². The van der Waals surface area contributed by atoms with Gasteiger partial charge in [-0.15, -0.1) is 11.6 Å². The Bertz CT molecular complexity index is 354. The summed E-state index contributed by atoms with van der Waals surface area (Å²) in [5, 5.41) is 0.214. The van der Waals surface area contributed by atoms with Crippen molar-refractivity contribution in [2.45, 2.75) is 51.8 Å². The van der Waals surface area contributed by atoms with Crippen molar-refractivity contribution in [1.82, 2.24) is 0 Å². The maximum absolute atomic E-state index is 6.58. The van der Waals surface area contributed by atoms with Gasteiger partial charge in [0, 0.05) is 0 Å². The quantitative estimate of drug-likeness (QED) is 0.642. The van der Waals surface area contributed by atoms with Crippen LogP contribution in [-0.2, 0) is 0 Å². The summed E-state index contributed by atoms with van der Waals surface area (Å²) in [7, 11) is 0. The van der Waals surface area contributed by atoms with Crippen LogP contribution in [0.5, 0.6) is 0 Å². The molecule has 0 amide bonds. The molecular weight excluding hydrogens is 216 g/mol. The van der Waals surface area contributed by atoms with Crippen LogP contribution in [-0.4, -0.2) is 0 Å². The monoisotopic (exact) mass is 236 g/mol. The van der Waals surface area contributed by atoms with Gasteiger partial charge in [-0.25, -0.2) is 0 Å². The van der Waals surface area contributed by atoms with Crippen molar-refractivity contribution >= 4 is 11.6 Å². The average molecular weight is 237 g/mol. The van der Waals surface area contributed by atoms with E-state index < -0.39 is 0 Å². The van der Waals surface area contributed by atoms with Crippen LogP contribution in [0, 0.1) is 26.7 Å². The predicted molar refractivity (Wildman–Crippen MR) is 71.2 cm³/mol. The van der Waals surface area contributed by atoms with E-state index in [1.807, 2.05) is 0 Å². The lowest BCUT2D eigenvalue weighted by Crippen LogP contribution is -2.14. The van der Waals surface area contributed by atoms with Gasteiger partial charge in [0.2, 0.25) is 0 Å². The van der Waals surface area contributed by atoms with E-state index in [2.05, 4.69) is 32.9 Å². The first-order valence-corrected chi connectivity index (χ1v) is 6.73. The van der Waals surface area contributed by atoms with Crippen LogP contribution < -0.4 is 0 Å². The SMILES string of the molecule is Cc1cc(C)c(C(Cl)CC2CCC2)c(C)c1. The molecule has 0 spiro atoms. The van der Waals surface area contributed by atoms with Crippen LogP contribution in [0.4, 0.5) is 0 Å². The average Bonchev–Trinajstić information content (AvgIpc) is 2.09. The Morgan fingerprint density at radius 1 is 1.19 bits per heavy atom. The van der Waals surface area contributed by atoms with Crippen LogP contribution in [0.2, 0.25) is 0 Å². The molecule has 1 unspecified atom stereocenters. The molecule has 1 saturated carbocycles. The highest BCUT2D eigenvalue weighted by molar-refractivity contribution is 6.21. The number of hydrogen-bond donors (Lipinski definition) is 0. The molecule has 0 saturated heterocycles. The number of aryl methyl sites for hydroxylation is 3. The summed E-state index contributed by atoms with van der Waals surface area (Å²) in [5.74, 6) is 0.877. The molecule has 1 heteroatoms. The first-order chi connectivity index (χ1) is 7.58. The Kier molecular flexibility index (Phi) is 3.59. The Hall–Kier alpha value is -0.490. The normalized spacial score (nSPS) is 18.2. The number of benzene rings is 1. The molecule has 2 rings (SSSR count). The van der Waals surface area contributed by atoms with Crippen LogP contribution >= 0.6 is 11.6 Å². The van der Waals surface area contributed by atoms with Crippen LogP contribution in [0.3, 0.4) is 0 Å². The summed E-state index contributed by atoms with van der Waals surface area (Å²) in [6, 6.07) is 4.50. The number of rotatable bonds is 3. The van der Waals surface area contributed by atoms with Gasteiger partial charge >= 0.3 is 0 Å². The summed E-state index contributed by atoms with van der Waals surface area (Å²) in [4.78, 5) is 0. The second-order valence-electron chi connectivity index (χ2n) is 5.31. The van der Waals surface area contributed by atoms with Crippen LogP contribution in [0.15, 0.2) is 12.1 Å². The fraction of sp³-hybridized carbons (Fsp3) is 0.600. The van der Waals surface area contributed by atoms with Crippen molar-refractivity contribution in [2.24, 2.45) is 5.92 Å². The van der Waals surface area contributed by atoms with E-state index in [0.717, 1.165) is 12.3 Å². The highest BCUT2D eigenvalue weighted by Gasteiger charge is 2.23. The lowest BCUT2D eigenvalue weighted by atomic mass is 9.80. The first kappa shape index (κ1) is 12.0. The van der Waals surface area contributed by atoms with Gasteiger partial charge in [0.15, 0.2) is 0 Å². The molecule has 0 N–H and O–H groups in total. The van der Waals surface area contributed by atoms with E-state index in [1.54, 1.807) is 0 Å². The molecule has 0 radical (unpaired) electrons. The van der Waals surface area contributed by atoms with Gasteiger partial charge in [-0.3, -0.25) is 0 Å². The Labute approximate surface area is 104 Å². The highest BCUT2D eigenvalue weighted by Crippen LogP contribution is 2.39. The molecule has 1 aliphatic rings. The van der Waals surface area contributed by atoms with Crippen molar-refractivity contribution in [3.63, 3.8) is 0 Å². The van der Waals surface area contributed by atoms with Gasteiger partial charge in [-0.2, -0.15) is 0 Å². The predicted octanol–water partition coefficient (Wildman–Crippen LogP) is 5.08. The minimum Gasteiger partial charge on any atom is -0.118 e. The van der Waals surface area contributed by atoms with Gasteiger partial charge < -0.3 is 0 Å². The number of alkyl halides is 1. The molecule has 0 heterocycles. The number of hydrogen-bond acceptors (Lipinski definition) is 0. The molecule has 1 aromatic rings. The van der Waals surface area contributed by atoms with Gasteiger partial charge in [0.25, 0.3) is 0 Å². The van der Waals surface area contributed by atoms with E-state index in [0.29, 0.717) is 0 Å². The molecule has 1 atom stereocenters. The lowest BCUT2D eigenvalue weighted by Gasteiger charge is -2.28. The van der Waals surface area contributed by atoms with Gasteiger partial charge in [0.05, 0.1) is 5.38 Å². The van der Waals surface area contributed by atoms with Crippen molar-refractivity contribution in [3.8, 4) is 0 Å². The molecule has 88 valence electrons. The smallest absolute Gasteiger partial charge is 0.0593 e. The Balaban J connectivity index is 2.17. The maximum atomic E-state index is 6.58. The second kappa shape index (κ2) is 4.79. The summed E-state index contributed by atoms with van der Waals surface area (Å²) in [6.45, 7) is 6.52. The molecule has 0 bridgehead atoms. The van der Waals surface area contributed by atoms with Crippen molar-refractivity contribution in [2.75, 3.05) is 0 Å². The zero-order valence-corrected chi connectivity index (χ0v) is 11.3. The van der Waals surface area contributed by atoms with Gasteiger partial charge in [0.1, 0.15) is 0 Å². The molecule has 1 aromatic carbocycles. The standard InChI is InChI=1S/C15H21Cl/c1-10-7-11(2)15(12(3)8-10)14(16)9-13-5-4-6-13/h7-8,13-14H,4-6,9H2,1-3H3. The zero-order valence-electron chi connectivity index (χ0n) is 10.5. The fourth-order valence-corrected chi connectivity index (χ4v) is 3.42. The third-order valence-corrected chi connectivity index (χ3v) is 4.21. The first-order valence-electron chi connectivity index (χ1n) is 6.29. The highest BCUT2D eigenvalue weighted by atomic mass is 35.5. The third-order valence-electron chi connectivity index (χ3n) is 3.82. The van der Waals surface area contributed by atoms with E-state index in [9.17, 15) is 0 Å². The molecule has 16 heavy (non-hydrogen) atoms. The molecule has 0 aromatic heterocycles. The van der Waals surface area contributed by atoms with Crippen molar-refractivity contribution < 1.29 is 0 Å². The fourth-order valence-electron chi connectivity index (χ4n) is 2.82. The van der Waals surface area contributed by atoms with E-state index >= 15 is 0 Å². The Morgan fingerprint density at radius 3 is 2.19 bits per heavy atom.